The third-order valence-electron chi connectivity index (χ3n) is 13.9. The van der Waals surface area contributed by atoms with Crippen LogP contribution in [0.5, 0.6) is 0 Å². The number of fused-ring (bicyclic) bond motifs is 12. The first kappa shape index (κ1) is 33.7. The average Bonchev–Trinajstić information content (AvgIpc) is 3.85. The van der Waals surface area contributed by atoms with Crippen molar-refractivity contribution in [1.82, 2.24) is 0 Å². The Labute approximate surface area is 358 Å². The molecule has 0 fully saturated rings. The van der Waals surface area contributed by atoms with Gasteiger partial charge in [0, 0.05) is 0 Å². The maximum atomic E-state index is 2.55. The Morgan fingerprint density at radius 2 is 0.613 bits per heavy atom. The van der Waals surface area contributed by atoms with Crippen LogP contribution < -0.4 is 0 Å². The van der Waals surface area contributed by atoms with Gasteiger partial charge >= 0.3 is 0 Å². The van der Waals surface area contributed by atoms with Crippen molar-refractivity contribution in [3.63, 3.8) is 0 Å². The number of rotatable bonds is 4. The van der Waals surface area contributed by atoms with Crippen LogP contribution >= 0.6 is 0 Å². The minimum absolute atomic E-state index is 1.22. The average molecular weight is 781 g/mol. The van der Waals surface area contributed by atoms with Gasteiger partial charge in [-0.1, -0.05) is 194 Å². The van der Waals surface area contributed by atoms with Crippen molar-refractivity contribution in [2.45, 2.75) is 0 Å². The zero-order valence-corrected chi connectivity index (χ0v) is 33.8. The normalized spacial score (nSPS) is 12.2. The second kappa shape index (κ2) is 12.7. The minimum atomic E-state index is 1.22. The maximum Gasteiger partial charge on any atom is -0.000718 e. The van der Waals surface area contributed by atoms with Crippen LogP contribution in [0.3, 0.4) is 0 Å². The van der Waals surface area contributed by atoms with Gasteiger partial charge in [-0.25, -0.2) is 0 Å². The summed E-state index contributed by atoms with van der Waals surface area (Å²) in [6.45, 7) is 0. The topological polar surface area (TPSA) is 0 Å². The summed E-state index contributed by atoms with van der Waals surface area (Å²) in [6, 6.07) is 81.9. The van der Waals surface area contributed by atoms with Crippen LogP contribution in [-0.2, 0) is 0 Å². The highest BCUT2D eigenvalue weighted by Crippen LogP contribution is 2.56. The van der Waals surface area contributed by atoms with Gasteiger partial charge in [-0.3, -0.25) is 0 Å². The molecular weight excluding hydrogens is 745 g/mol. The van der Waals surface area contributed by atoms with Crippen LogP contribution in [0.4, 0.5) is 0 Å². The lowest BCUT2D eigenvalue weighted by Crippen LogP contribution is -1.92. The van der Waals surface area contributed by atoms with Crippen LogP contribution in [0.25, 0.3) is 141 Å². The Hall–Kier alpha value is -8.06. The van der Waals surface area contributed by atoms with E-state index in [4.69, 9.17) is 0 Å². The standard InChI is InChI=1S/C62H36/c1-3-15-37(16-4-1)40-20-11-22-42(33-40)56-54-36-52-47-26-10-9-25-46(47)48-27-13-29-50(58(48)52)60(54)57(43-23-12-21-41(34-43)38-17-5-2-6-18-38)61-51-30-14-28-49-55-44(35-53(59(49)51)62(56)61)32-31-39-19-7-8-24-45(39)55/h1-36H. The lowest BCUT2D eigenvalue weighted by atomic mass is 9.83. The quantitative estimate of drug-likeness (QED) is 0.156. The fourth-order valence-corrected chi connectivity index (χ4v) is 11.3. The molecule has 14 aromatic rings. The molecular formula is C62H36. The molecule has 0 aliphatic heterocycles. The summed E-state index contributed by atoms with van der Waals surface area (Å²) in [7, 11) is 0. The Morgan fingerprint density at radius 1 is 0.161 bits per heavy atom. The molecule has 0 atom stereocenters. The number of hydrogen-bond donors (Lipinski definition) is 0. The van der Waals surface area contributed by atoms with Gasteiger partial charge in [0.1, 0.15) is 0 Å². The summed E-state index contributed by atoms with van der Waals surface area (Å²) >= 11 is 0. The summed E-state index contributed by atoms with van der Waals surface area (Å²) in [6.07, 6.45) is 0. The number of benzene rings is 12. The van der Waals surface area contributed by atoms with Gasteiger partial charge in [0.05, 0.1) is 0 Å². The molecule has 0 aliphatic carbocycles. The second-order valence-corrected chi connectivity index (χ2v) is 17.1. The van der Waals surface area contributed by atoms with Crippen molar-refractivity contribution in [1.29, 1.82) is 0 Å². The van der Waals surface area contributed by atoms with Gasteiger partial charge in [-0.2, -0.15) is 0 Å². The monoisotopic (exact) mass is 780 g/mol. The molecule has 0 saturated heterocycles. The molecule has 62 heavy (non-hydrogen) atoms. The summed E-state index contributed by atoms with van der Waals surface area (Å²) < 4.78 is 0. The molecule has 14 rings (SSSR count). The molecule has 0 aliphatic rings. The highest BCUT2D eigenvalue weighted by atomic mass is 14.3. The van der Waals surface area contributed by atoms with Crippen LogP contribution in [0, 0.1) is 0 Å². The van der Waals surface area contributed by atoms with Crippen molar-refractivity contribution in [3.05, 3.63) is 218 Å². The Bertz CT molecular complexity index is 4120. The van der Waals surface area contributed by atoms with E-state index in [2.05, 4.69) is 218 Å². The molecule has 14 aromatic carbocycles. The van der Waals surface area contributed by atoms with Crippen LogP contribution in [0.15, 0.2) is 218 Å². The predicted molar refractivity (Wildman–Crippen MR) is 268 cm³/mol. The van der Waals surface area contributed by atoms with E-state index >= 15 is 0 Å². The van der Waals surface area contributed by atoms with E-state index in [1.165, 1.54) is 141 Å². The van der Waals surface area contributed by atoms with E-state index in [0.29, 0.717) is 0 Å². The van der Waals surface area contributed by atoms with Crippen LogP contribution in [0.1, 0.15) is 0 Å². The fourth-order valence-electron chi connectivity index (χ4n) is 11.3. The van der Waals surface area contributed by atoms with E-state index in [0.717, 1.165) is 0 Å². The van der Waals surface area contributed by atoms with E-state index in [1.54, 1.807) is 0 Å². The summed E-state index contributed by atoms with van der Waals surface area (Å²) in [4.78, 5) is 0. The van der Waals surface area contributed by atoms with Crippen LogP contribution in [0.2, 0.25) is 0 Å². The van der Waals surface area contributed by atoms with Crippen molar-refractivity contribution in [2.24, 2.45) is 0 Å². The summed E-state index contributed by atoms with van der Waals surface area (Å²) in [5, 5.41) is 23.5. The lowest BCUT2D eigenvalue weighted by Gasteiger charge is -2.20. The predicted octanol–water partition coefficient (Wildman–Crippen LogP) is 17.6. The van der Waals surface area contributed by atoms with Gasteiger partial charge in [-0.05, 0) is 166 Å². The fraction of sp³-hybridized carbons (Fsp3) is 0. The maximum absolute atomic E-state index is 2.55. The molecule has 0 amide bonds. The van der Waals surface area contributed by atoms with Gasteiger partial charge in [0.2, 0.25) is 0 Å². The molecule has 284 valence electrons. The molecule has 0 unspecified atom stereocenters. The first-order valence-electron chi connectivity index (χ1n) is 21.7. The SMILES string of the molecule is c1ccc(-c2cccc(-c3c4cc5c6ccccc6c6cccc(c4c(-c4cccc(-c7ccccc7)c4)c4c7cccc8c9c(ccc%10ccccc%109)cc(c34)c78)c65)c2)cc1. The third-order valence-corrected chi connectivity index (χ3v) is 13.9. The van der Waals surface area contributed by atoms with Crippen molar-refractivity contribution < 1.29 is 0 Å². The molecule has 0 saturated carbocycles. The number of hydrogen-bond acceptors (Lipinski definition) is 0. The molecule has 0 heterocycles. The Kier molecular flexibility index (Phi) is 6.92. The largest absolute Gasteiger partial charge is 0.0622 e. The Balaban J connectivity index is 1.27. The van der Waals surface area contributed by atoms with E-state index < -0.39 is 0 Å². The molecule has 0 N–H and O–H groups in total. The zero-order chi connectivity index (χ0) is 40.5. The van der Waals surface area contributed by atoms with Crippen molar-refractivity contribution in [2.75, 3.05) is 0 Å². The second-order valence-electron chi connectivity index (χ2n) is 17.1. The highest BCUT2D eigenvalue weighted by molar-refractivity contribution is 6.46. The van der Waals surface area contributed by atoms with Gasteiger partial charge < -0.3 is 0 Å². The van der Waals surface area contributed by atoms with E-state index in [-0.39, 0.29) is 0 Å². The van der Waals surface area contributed by atoms with Crippen molar-refractivity contribution in [3.8, 4) is 44.5 Å². The minimum Gasteiger partial charge on any atom is -0.0622 e. The van der Waals surface area contributed by atoms with E-state index in [1.807, 2.05) is 0 Å². The molecule has 0 radical (unpaired) electrons. The highest BCUT2D eigenvalue weighted by Gasteiger charge is 2.27. The van der Waals surface area contributed by atoms with Gasteiger partial charge in [0.15, 0.2) is 0 Å². The first-order chi connectivity index (χ1) is 30.8. The molecule has 0 aromatic heterocycles. The van der Waals surface area contributed by atoms with E-state index in [9.17, 15) is 0 Å². The molecule has 0 spiro atoms. The summed E-state index contributed by atoms with van der Waals surface area (Å²) in [5.41, 5.74) is 9.92. The third kappa shape index (κ3) is 4.61. The first-order valence-corrected chi connectivity index (χ1v) is 21.7. The van der Waals surface area contributed by atoms with Gasteiger partial charge in [0.25, 0.3) is 0 Å². The zero-order valence-electron chi connectivity index (χ0n) is 33.8. The smallest absolute Gasteiger partial charge is 0.000718 e. The van der Waals surface area contributed by atoms with Gasteiger partial charge in [-0.15, -0.1) is 0 Å². The van der Waals surface area contributed by atoms with Crippen molar-refractivity contribution >= 4 is 97.0 Å². The lowest BCUT2D eigenvalue weighted by molar-refractivity contribution is 1.61. The molecule has 0 nitrogen and oxygen atoms in total. The Morgan fingerprint density at radius 3 is 1.31 bits per heavy atom. The molecule has 0 heteroatoms. The molecule has 0 bridgehead atoms. The summed E-state index contributed by atoms with van der Waals surface area (Å²) in [5.74, 6) is 0. The van der Waals surface area contributed by atoms with Crippen LogP contribution in [-0.4, -0.2) is 0 Å².